The lowest BCUT2D eigenvalue weighted by Crippen LogP contribution is -2.30. The average molecular weight is 920 g/mol. The molecule has 65 heavy (non-hydrogen) atoms. The fraction of sp³-hybridized carbons (Fsp3) is 0.949. The molecule has 0 saturated heterocycles. The highest BCUT2D eigenvalue weighted by Crippen LogP contribution is 2.18. The lowest BCUT2D eigenvalue weighted by atomic mass is 10.0. The summed E-state index contributed by atoms with van der Waals surface area (Å²) in [6.07, 6.45) is 58.0. The Labute approximate surface area is 406 Å². The second-order valence-corrected chi connectivity index (χ2v) is 20.8. The van der Waals surface area contributed by atoms with Crippen LogP contribution < -0.4 is 0 Å². The Morgan fingerprint density at radius 3 is 0.754 bits per heavy atom. The van der Waals surface area contributed by atoms with E-state index < -0.39 is 6.10 Å². The average Bonchev–Trinajstić information content (AvgIpc) is 3.29. The summed E-state index contributed by atoms with van der Waals surface area (Å²) in [5, 5.41) is 0. The summed E-state index contributed by atoms with van der Waals surface area (Å²) in [5.74, 6) is 0.0116. The zero-order chi connectivity index (χ0) is 47.4. The van der Waals surface area contributed by atoms with Crippen molar-refractivity contribution in [2.45, 2.75) is 342 Å². The molecule has 386 valence electrons. The summed E-state index contributed by atoms with van der Waals surface area (Å²) < 4.78 is 16.9. The smallest absolute Gasteiger partial charge is 0.306 e. The Morgan fingerprint density at radius 1 is 0.292 bits per heavy atom. The Kier molecular flexibility index (Phi) is 52.1. The van der Waals surface area contributed by atoms with Gasteiger partial charge in [-0.05, 0) is 25.2 Å². The second-order valence-electron chi connectivity index (χ2n) is 20.8. The normalized spacial score (nSPS) is 12.0. The summed E-state index contributed by atoms with van der Waals surface area (Å²) in [6, 6.07) is 0. The molecule has 0 fully saturated rings. The highest BCUT2D eigenvalue weighted by Gasteiger charge is 2.19. The SMILES string of the molecule is CCCCCCCCCCCCCCCCCC(=O)OCC(COC(=O)CCCCCCCCCCCCCCCCC(C)C)OC(=O)CCCCCCCCCCCCCCCCC. The van der Waals surface area contributed by atoms with Crippen molar-refractivity contribution in [3.8, 4) is 0 Å². The summed E-state index contributed by atoms with van der Waals surface area (Å²) in [7, 11) is 0. The van der Waals surface area contributed by atoms with Crippen molar-refractivity contribution in [1.29, 1.82) is 0 Å². The Hall–Kier alpha value is -1.59. The molecule has 0 aliphatic rings. The minimum absolute atomic E-state index is 0.0616. The topological polar surface area (TPSA) is 78.9 Å². The van der Waals surface area contributed by atoms with Crippen molar-refractivity contribution in [1.82, 2.24) is 0 Å². The van der Waals surface area contributed by atoms with Crippen molar-refractivity contribution in [2.24, 2.45) is 5.92 Å². The van der Waals surface area contributed by atoms with Crippen molar-refractivity contribution in [3.63, 3.8) is 0 Å². The maximum absolute atomic E-state index is 12.8. The minimum atomic E-state index is -0.762. The predicted molar refractivity (Wildman–Crippen MR) is 280 cm³/mol. The van der Waals surface area contributed by atoms with E-state index in [-0.39, 0.29) is 31.1 Å². The van der Waals surface area contributed by atoms with E-state index in [0.717, 1.165) is 63.7 Å². The molecule has 0 radical (unpaired) electrons. The van der Waals surface area contributed by atoms with Crippen LogP contribution in [0.5, 0.6) is 0 Å². The molecule has 0 saturated carbocycles. The van der Waals surface area contributed by atoms with Crippen LogP contribution in [0.25, 0.3) is 0 Å². The first-order chi connectivity index (χ1) is 31.9. The van der Waals surface area contributed by atoms with Gasteiger partial charge in [-0.25, -0.2) is 0 Å². The Balaban J connectivity index is 4.29. The highest BCUT2D eigenvalue weighted by atomic mass is 16.6. The van der Waals surface area contributed by atoms with Gasteiger partial charge < -0.3 is 14.2 Å². The molecule has 1 unspecified atom stereocenters. The number of hydrogen-bond acceptors (Lipinski definition) is 6. The number of carbonyl (C=O) groups is 3. The molecule has 0 amide bonds. The first-order valence-corrected chi connectivity index (χ1v) is 29.4. The fourth-order valence-electron chi connectivity index (χ4n) is 9.10. The molecule has 0 aromatic heterocycles. The van der Waals surface area contributed by atoms with E-state index in [1.165, 1.54) is 231 Å². The van der Waals surface area contributed by atoms with Crippen LogP contribution in [0.1, 0.15) is 336 Å². The lowest BCUT2D eigenvalue weighted by molar-refractivity contribution is -0.167. The van der Waals surface area contributed by atoms with Gasteiger partial charge in [0.1, 0.15) is 13.2 Å². The van der Waals surface area contributed by atoms with Gasteiger partial charge in [-0.2, -0.15) is 0 Å². The second kappa shape index (κ2) is 53.4. The van der Waals surface area contributed by atoms with Crippen LogP contribution in [-0.2, 0) is 28.6 Å². The third kappa shape index (κ3) is 53.2. The third-order valence-electron chi connectivity index (χ3n) is 13.5. The maximum Gasteiger partial charge on any atom is 0.306 e. The Morgan fingerprint density at radius 2 is 0.508 bits per heavy atom. The van der Waals surface area contributed by atoms with E-state index in [9.17, 15) is 14.4 Å². The zero-order valence-electron chi connectivity index (χ0n) is 44.5. The van der Waals surface area contributed by atoms with Crippen LogP contribution in [0, 0.1) is 5.92 Å². The quantitative estimate of drug-likeness (QED) is 0.0344. The molecule has 0 rings (SSSR count). The number of esters is 3. The number of ether oxygens (including phenoxy) is 3. The van der Waals surface area contributed by atoms with Gasteiger partial charge in [0.2, 0.25) is 0 Å². The molecular formula is C59H114O6. The van der Waals surface area contributed by atoms with Crippen molar-refractivity contribution in [2.75, 3.05) is 13.2 Å². The first kappa shape index (κ1) is 63.4. The molecule has 0 aliphatic carbocycles. The van der Waals surface area contributed by atoms with Crippen LogP contribution in [-0.4, -0.2) is 37.2 Å². The maximum atomic E-state index is 12.8. The van der Waals surface area contributed by atoms with Gasteiger partial charge in [-0.1, -0.05) is 297 Å². The van der Waals surface area contributed by atoms with E-state index in [1.54, 1.807) is 0 Å². The van der Waals surface area contributed by atoms with Gasteiger partial charge in [-0.3, -0.25) is 14.4 Å². The van der Waals surface area contributed by atoms with Crippen molar-refractivity contribution in [3.05, 3.63) is 0 Å². The van der Waals surface area contributed by atoms with E-state index in [4.69, 9.17) is 14.2 Å². The highest BCUT2D eigenvalue weighted by molar-refractivity contribution is 5.71. The number of carbonyl (C=O) groups excluding carboxylic acids is 3. The summed E-state index contributed by atoms with van der Waals surface area (Å²) in [5.41, 5.74) is 0. The van der Waals surface area contributed by atoms with Crippen LogP contribution in [0.15, 0.2) is 0 Å². The molecule has 0 bridgehead atoms. The van der Waals surface area contributed by atoms with Gasteiger partial charge in [-0.15, -0.1) is 0 Å². The number of hydrogen-bond donors (Lipinski definition) is 0. The van der Waals surface area contributed by atoms with E-state index >= 15 is 0 Å². The molecule has 0 heterocycles. The van der Waals surface area contributed by atoms with E-state index in [0.29, 0.717) is 19.3 Å². The molecule has 6 heteroatoms. The zero-order valence-corrected chi connectivity index (χ0v) is 44.5. The van der Waals surface area contributed by atoms with Crippen LogP contribution >= 0.6 is 0 Å². The monoisotopic (exact) mass is 919 g/mol. The standard InChI is InChI=1S/C59H114O6/c1-5-7-9-11-13-15-17-19-21-26-30-34-38-42-46-50-57(60)63-53-56(65-59(62)52-48-44-40-36-32-28-22-20-18-16-14-12-10-8-6-2)54-64-58(61)51-47-43-39-35-31-27-24-23-25-29-33-37-41-45-49-55(3)4/h55-56H,5-54H2,1-4H3. The van der Waals surface area contributed by atoms with Crippen molar-refractivity contribution < 1.29 is 28.6 Å². The predicted octanol–water partition coefficient (Wildman–Crippen LogP) is 19.4. The van der Waals surface area contributed by atoms with Crippen LogP contribution in [0.4, 0.5) is 0 Å². The third-order valence-corrected chi connectivity index (χ3v) is 13.5. The molecule has 0 aromatic rings. The van der Waals surface area contributed by atoms with Crippen molar-refractivity contribution >= 4 is 17.9 Å². The largest absolute Gasteiger partial charge is 0.462 e. The van der Waals surface area contributed by atoms with Gasteiger partial charge in [0, 0.05) is 19.3 Å². The fourth-order valence-corrected chi connectivity index (χ4v) is 9.10. The summed E-state index contributed by atoms with van der Waals surface area (Å²) >= 11 is 0. The molecule has 6 nitrogen and oxygen atoms in total. The van der Waals surface area contributed by atoms with E-state index in [1.807, 2.05) is 0 Å². The molecular weight excluding hydrogens is 805 g/mol. The molecule has 0 aromatic carbocycles. The number of rotatable bonds is 54. The summed E-state index contributed by atoms with van der Waals surface area (Å²) in [4.78, 5) is 38.2. The number of unbranched alkanes of at least 4 members (excludes halogenated alkanes) is 41. The van der Waals surface area contributed by atoms with Gasteiger partial charge in [0.25, 0.3) is 0 Å². The molecule has 0 aliphatic heterocycles. The lowest BCUT2D eigenvalue weighted by Gasteiger charge is -2.18. The van der Waals surface area contributed by atoms with E-state index in [2.05, 4.69) is 27.7 Å². The van der Waals surface area contributed by atoms with Crippen LogP contribution in [0.3, 0.4) is 0 Å². The first-order valence-electron chi connectivity index (χ1n) is 29.4. The van der Waals surface area contributed by atoms with Crippen LogP contribution in [0.2, 0.25) is 0 Å². The molecule has 0 spiro atoms. The summed E-state index contributed by atoms with van der Waals surface area (Å²) in [6.45, 7) is 9.07. The van der Waals surface area contributed by atoms with Gasteiger partial charge in [0.15, 0.2) is 6.10 Å². The molecule has 0 N–H and O–H groups in total. The van der Waals surface area contributed by atoms with Gasteiger partial charge in [0.05, 0.1) is 0 Å². The Bertz CT molecular complexity index is 980. The van der Waals surface area contributed by atoms with Gasteiger partial charge >= 0.3 is 17.9 Å². The molecule has 1 atom stereocenters. The minimum Gasteiger partial charge on any atom is -0.462 e.